The molecule has 1 aromatic heterocycles. The molecule has 0 spiro atoms. The van der Waals surface area contributed by atoms with Crippen LogP contribution in [0.15, 0.2) is 60.8 Å². The number of pyridine rings is 1. The molecule has 0 aliphatic heterocycles. The van der Waals surface area contributed by atoms with Gasteiger partial charge in [0, 0.05) is 24.8 Å². The largest absolute Gasteiger partial charge is 0.417 e. The molecule has 0 aliphatic rings. The summed E-state index contributed by atoms with van der Waals surface area (Å²) in [5.41, 5.74) is -0.375. The molecular weight excluding hydrogens is 397 g/mol. The lowest BCUT2D eigenvalue weighted by Crippen LogP contribution is -2.38. The molecule has 3 aromatic rings. The first-order valence-corrected chi connectivity index (χ1v) is 9.14. The van der Waals surface area contributed by atoms with E-state index in [0.29, 0.717) is 5.56 Å². The number of hydrogen-bond acceptors (Lipinski definition) is 4. The summed E-state index contributed by atoms with van der Waals surface area (Å²) in [4.78, 5) is 27.8. The van der Waals surface area contributed by atoms with Crippen molar-refractivity contribution in [2.45, 2.75) is 6.18 Å². The summed E-state index contributed by atoms with van der Waals surface area (Å²) in [5.74, 6) is -0.476. The van der Waals surface area contributed by atoms with Crippen molar-refractivity contribution in [2.75, 3.05) is 25.0 Å². The van der Waals surface area contributed by atoms with Crippen LogP contribution in [0.25, 0.3) is 10.8 Å². The molecule has 0 fully saturated rings. The van der Waals surface area contributed by atoms with E-state index in [-0.39, 0.29) is 37.3 Å². The average Bonchev–Trinajstić information content (AvgIpc) is 2.74. The summed E-state index contributed by atoms with van der Waals surface area (Å²) in [7, 11) is 0. The summed E-state index contributed by atoms with van der Waals surface area (Å²) in [6, 6.07) is 15.1. The van der Waals surface area contributed by atoms with Gasteiger partial charge in [0.25, 0.3) is 5.91 Å². The van der Waals surface area contributed by atoms with Crippen molar-refractivity contribution in [2.24, 2.45) is 0 Å². The number of anilines is 1. The van der Waals surface area contributed by atoms with Crippen LogP contribution in [-0.2, 0) is 11.0 Å². The molecule has 2 aromatic carbocycles. The molecule has 2 amide bonds. The number of nitrogens with zero attached hydrogens (tertiary/aromatic N) is 1. The summed E-state index contributed by atoms with van der Waals surface area (Å²) in [5, 5.41) is 9.90. The monoisotopic (exact) mass is 416 g/mol. The number of aromatic nitrogens is 1. The van der Waals surface area contributed by atoms with Crippen LogP contribution in [0.1, 0.15) is 15.9 Å². The Hall–Kier alpha value is -3.62. The highest BCUT2D eigenvalue weighted by atomic mass is 19.4. The Kier molecular flexibility index (Phi) is 6.51. The number of fused-ring (bicyclic) bond motifs is 1. The van der Waals surface area contributed by atoms with Gasteiger partial charge < -0.3 is 16.0 Å². The average molecular weight is 416 g/mol. The van der Waals surface area contributed by atoms with Gasteiger partial charge in [-0.1, -0.05) is 30.3 Å². The topological polar surface area (TPSA) is 83.1 Å². The molecule has 6 nitrogen and oxygen atoms in total. The van der Waals surface area contributed by atoms with Crippen LogP contribution < -0.4 is 16.0 Å². The van der Waals surface area contributed by atoms with Crippen molar-refractivity contribution >= 4 is 28.4 Å². The van der Waals surface area contributed by atoms with Crippen molar-refractivity contribution in [3.05, 3.63) is 71.9 Å². The van der Waals surface area contributed by atoms with Gasteiger partial charge in [-0.15, -0.1) is 0 Å². The van der Waals surface area contributed by atoms with E-state index in [1.54, 1.807) is 12.1 Å². The molecule has 0 saturated carbocycles. The highest BCUT2D eigenvalue weighted by Gasteiger charge is 2.30. The Morgan fingerprint density at radius 1 is 0.900 bits per heavy atom. The Balaban J connectivity index is 1.38. The van der Waals surface area contributed by atoms with Gasteiger partial charge in [0.05, 0.1) is 12.1 Å². The summed E-state index contributed by atoms with van der Waals surface area (Å²) >= 11 is 0. The van der Waals surface area contributed by atoms with E-state index < -0.39 is 11.7 Å². The van der Waals surface area contributed by atoms with Gasteiger partial charge in [-0.3, -0.25) is 9.59 Å². The third-order valence-corrected chi connectivity index (χ3v) is 4.27. The lowest BCUT2D eigenvalue weighted by atomic mass is 10.1. The number of halogens is 3. The molecule has 1 heterocycles. The maximum absolute atomic E-state index is 12.5. The third kappa shape index (κ3) is 5.69. The molecule has 30 heavy (non-hydrogen) atoms. The zero-order chi connectivity index (χ0) is 21.6. The molecule has 0 saturated heterocycles. The molecular formula is C21H19F3N4O2. The maximum Gasteiger partial charge on any atom is 0.417 e. The number of hydrogen-bond donors (Lipinski definition) is 3. The number of benzene rings is 2. The van der Waals surface area contributed by atoms with Gasteiger partial charge in [-0.05, 0) is 35.0 Å². The quantitative estimate of drug-likeness (QED) is 0.517. The number of carbonyl (C=O) groups is 2. The molecule has 0 bridgehead atoms. The third-order valence-electron chi connectivity index (χ3n) is 4.27. The van der Waals surface area contributed by atoms with E-state index in [2.05, 4.69) is 20.9 Å². The fourth-order valence-corrected chi connectivity index (χ4v) is 2.71. The second kappa shape index (κ2) is 9.25. The normalized spacial score (nSPS) is 11.2. The van der Waals surface area contributed by atoms with E-state index in [1.165, 1.54) is 6.07 Å². The van der Waals surface area contributed by atoms with Gasteiger partial charge in [0.15, 0.2) is 0 Å². The molecule has 3 N–H and O–H groups in total. The number of carbonyl (C=O) groups excluding carboxylic acids is 2. The number of amides is 2. The zero-order valence-corrected chi connectivity index (χ0v) is 15.8. The van der Waals surface area contributed by atoms with Gasteiger partial charge in [-0.2, -0.15) is 13.2 Å². The molecule has 0 atom stereocenters. The standard InChI is InChI=1S/C21H19F3N4O2/c22-21(23,24)17-7-8-18(27-12-17)25-9-10-26-19(29)13-28-20(30)16-6-5-14-3-1-2-4-15(14)11-16/h1-8,11-12H,9-10,13H2,(H,25,27)(H,26,29)(H,28,30). The zero-order valence-electron chi connectivity index (χ0n) is 15.8. The lowest BCUT2D eigenvalue weighted by Gasteiger charge is -2.10. The van der Waals surface area contributed by atoms with Crippen LogP contribution in [0, 0.1) is 0 Å². The number of alkyl halides is 3. The molecule has 156 valence electrons. The van der Waals surface area contributed by atoms with Crippen LogP contribution in [0.2, 0.25) is 0 Å². The van der Waals surface area contributed by atoms with Crippen LogP contribution >= 0.6 is 0 Å². The number of nitrogens with one attached hydrogen (secondary N) is 3. The lowest BCUT2D eigenvalue weighted by molar-refractivity contribution is -0.137. The molecule has 0 unspecified atom stereocenters. The molecule has 0 radical (unpaired) electrons. The number of rotatable bonds is 7. The second-order valence-electron chi connectivity index (χ2n) is 6.45. The predicted octanol–water partition coefficient (Wildman–Crippen LogP) is 3.21. The minimum Gasteiger partial charge on any atom is -0.368 e. The van der Waals surface area contributed by atoms with E-state index in [1.807, 2.05) is 30.3 Å². The Morgan fingerprint density at radius 2 is 1.67 bits per heavy atom. The summed E-state index contributed by atoms with van der Waals surface area (Å²) in [6.45, 7) is 0.292. The van der Waals surface area contributed by atoms with Gasteiger partial charge in [0.1, 0.15) is 5.82 Å². The minimum absolute atomic E-state index is 0.190. The summed E-state index contributed by atoms with van der Waals surface area (Å²) in [6.07, 6.45) is -3.69. The van der Waals surface area contributed by atoms with E-state index >= 15 is 0 Å². The summed E-state index contributed by atoms with van der Waals surface area (Å²) < 4.78 is 37.5. The van der Waals surface area contributed by atoms with Crippen LogP contribution in [0.3, 0.4) is 0 Å². The highest BCUT2D eigenvalue weighted by molar-refractivity contribution is 5.99. The smallest absolute Gasteiger partial charge is 0.368 e. The van der Waals surface area contributed by atoms with E-state index in [0.717, 1.165) is 23.0 Å². The predicted molar refractivity (Wildman–Crippen MR) is 107 cm³/mol. The second-order valence-corrected chi connectivity index (χ2v) is 6.45. The van der Waals surface area contributed by atoms with Crippen molar-refractivity contribution in [3.8, 4) is 0 Å². The van der Waals surface area contributed by atoms with E-state index in [9.17, 15) is 22.8 Å². The van der Waals surface area contributed by atoms with Crippen molar-refractivity contribution in [3.63, 3.8) is 0 Å². The highest BCUT2D eigenvalue weighted by Crippen LogP contribution is 2.28. The van der Waals surface area contributed by atoms with Crippen LogP contribution in [0.4, 0.5) is 19.0 Å². The van der Waals surface area contributed by atoms with Crippen LogP contribution in [-0.4, -0.2) is 36.4 Å². The Labute approximate surface area is 170 Å². The van der Waals surface area contributed by atoms with Crippen LogP contribution in [0.5, 0.6) is 0 Å². The van der Waals surface area contributed by atoms with Gasteiger partial charge in [-0.25, -0.2) is 4.98 Å². The maximum atomic E-state index is 12.5. The van der Waals surface area contributed by atoms with Gasteiger partial charge >= 0.3 is 6.18 Å². The fraction of sp³-hybridized carbons (Fsp3) is 0.190. The van der Waals surface area contributed by atoms with Crippen molar-refractivity contribution < 1.29 is 22.8 Å². The van der Waals surface area contributed by atoms with Gasteiger partial charge in [0.2, 0.25) is 5.91 Å². The fourth-order valence-electron chi connectivity index (χ4n) is 2.71. The Morgan fingerprint density at radius 3 is 2.37 bits per heavy atom. The minimum atomic E-state index is -4.43. The van der Waals surface area contributed by atoms with Crippen molar-refractivity contribution in [1.29, 1.82) is 0 Å². The first kappa shape index (κ1) is 21.1. The SMILES string of the molecule is O=C(CNC(=O)c1ccc2ccccc2c1)NCCNc1ccc(C(F)(F)F)cn1. The first-order chi connectivity index (χ1) is 14.3. The Bertz CT molecular complexity index is 1040. The first-order valence-electron chi connectivity index (χ1n) is 9.14. The molecule has 3 rings (SSSR count). The van der Waals surface area contributed by atoms with Crippen molar-refractivity contribution in [1.82, 2.24) is 15.6 Å². The molecule has 9 heteroatoms. The van der Waals surface area contributed by atoms with E-state index in [4.69, 9.17) is 0 Å². The molecule has 0 aliphatic carbocycles.